The summed E-state index contributed by atoms with van der Waals surface area (Å²) < 4.78 is 10.9. The molecule has 0 radical (unpaired) electrons. The number of amidine groups is 1. The zero-order chi connectivity index (χ0) is 19.7. The molecular formula is C21H25N3O3S. The number of benzene rings is 1. The Morgan fingerprint density at radius 1 is 1.14 bits per heavy atom. The molecule has 28 heavy (non-hydrogen) atoms. The Morgan fingerprint density at radius 3 is 2.75 bits per heavy atom. The lowest BCUT2D eigenvalue weighted by molar-refractivity contribution is -0.118. The van der Waals surface area contributed by atoms with Crippen molar-refractivity contribution in [3.63, 3.8) is 0 Å². The molecule has 0 saturated heterocycles. The minimum atomic E-state index is -0.201. The number of likely N-dealkylation sites (N-methyl/N-ethyl adjacent to an activating group) is 1. The molecule has 1 amide bonds. The minimum absolute atomic E-state index is 0.0493. The summed E-state index contributed by atoms with van der Waals surface area (Å²) >= 11 is 1.70. The summed E-state index contributed by atoms with van der Waals surface area (Å²) in [7, 11) is 5.26. The van der Waals surface area contributed by atoms with E-state index in [2.05, 4.69) is 9.89 Å². The molecule has 0 N–H and O–H groups in total. The fraction of sp³-hybridized carbons (Fsp3) is 0.476. The zero-order valence-electron chi connectivity index (χ0n) is 16.5. The Hall–Kier alpha value is -2.12. The Bertz CT molecular complexity index is 891. The number of carbonyl (C=O) groups excluding carboxylic acids is 1. The molecule has 1 atom stereocenters. The van der Waals surface area contributed by atoms with Crippen LogP contribution in [0, 0.1) is 5.92 Å². The number of para-hydroxylation sites is 1. The van der Waals surface area contributed by atoms with Gasteiger partial charge in [0.25, 0.3) is 5.91 Å². The molecule has 0 saturated carbocycles. The number of thioether (sulfide) groups is 1. The van der Waals surface area contributed by atoms with E-state index in [-0.39, 0.29) is 11.8 Å². The molecule has 0 spiro atoms. The monoisotopic (exact) mass is 399 g/mol. The van der Waals surface area contributed by atoms with Crippen molar-refractivity contribution >= 4 is 28.5 Å². The van der Waals surface area contributed by atoms with Crippen molar-refractivity contribution < 1.29 is 14.3 Å². The van der Waals surface area contributed by atoms with Crippen LogP contribution in [0.4, 0.5) is 0 Å². The average Bonchev–Trinajstić information content (AvgIpc) is 3.06. The van der Waals surface area contributed by atoms with Gasteiger partial charge in [-0.3, -0.25) is 9.69 Å². The first-order valence-electron chi connectivity index (χ1n) is 9.59. The lowest BCUT2D eigenvalue weighted by atomic mass is 9.89. The lowest BCUT2D eigenvalue weighted by Crippen LogP contribution is -2.31. The highest BCUT2D eigenvalue weighted by Crippen LogP contribution is 2.47. The van der Waals surface area contributed by atoms with Gasteiger partial charge in [0.2, 0.25) is 0 Å². The Labute approximate surface area is 169 Å². The van der Waals surface area contributed by atoms with E-state index >= 15 is 0 Å². The quantitative estimate of drug-likeness (QED) is 0.730. The number of fused-ring (bicyclic) bond motifs is 2. The van der Waals surface area contributed by atoms with Crippen molar-refractivity contribution in [2.75, 3.05) is 27.8 Å². The van der Waals surface area contributed by atoms with Crippen molar-refractivity contribution in [3.8, 4) is 11.5 Å². The van der Waals surface area contributed by atoms with Gasteiger partial charge in [-0.15, -0.1) is 0 Å². The third-order valence-corrected chi connectivity index (χ3v) is 6.59. The van der Waals surface area contributed by atoms with Gasteiger partial charge in [0.1, 0.15) is 11.8 Å². The second-order valence-corrected chi connectivity index (χ2v) is 8.45. The van der Waals surface area contributed by atoms with Crippen LogP contribution in [0.3, 0.4) is 0 Å². The smallest absolute Gasteiger partial charge is 0.261 e. The number of amides is 1. The molecule has 6 nitrogen and oxygen atoms in total. The van der Waals surface area contributed by atoms with Crippen LogP contribution in [0.1, 0.15) is 31.2 Å². The molecule has 1 unspecified atom stereocenters. The first kappa shape index (κ1) is 19.2. The maximum atomic E-state index is 12.7. The van der Waals surface area contributed by atoms with Gasteiger partial charge < -0.3 is 9.47 Å². The van der Waals surface area contributed by atoms with Gasteiger partial charge in [-0.25, -0.2) is 4.99 Å². The molecule has 1 aromatic carbocycles. The summed E-state index contributed by atoms with van der Waals surface area (Å²) in [5.41, 5.74) is 2.29. The Morgan fingerprint density at radius 2 is 1.96 bits per heavy atom. The van der Waals surface area contributed by atoms with E-state index in [0.29, 0.717) is 24.7 Å². The molecule has 2 heterocycles. The number of allylic oxidation sites excluding steroid dienone is 1. The summed E-state index contributed by atoms with van der Waals surface area (Å²) in [6.07, 6.45) is 4.46. The van der Waals surface area contributed by atoms with Crippen LogP contribution in [0.25, 0.3) is 0 Å². The van der Waals surface area contributed by atoms with E-state index in [4.69, 9.17) is 14.5 Å². The predicted molar refractivity (Wildman–Crippen MR) is 112 cm³/mol. The van der Waals surface area contributed by atoms with E-state index in [1.807, 2.05) is 25.2 Å². The highest BCUT2D eigenvalue weighted by atomic mass is 32.2. The van der Waals surface area contributed by atoms with E-state index in [9.17, 15) is 4.79 Å². The standard InChI is InChI=1S/C21H25N3O3S/c1-24(11-13-7-6-9-15(26-2)19(13)27-3)12-17-22-20(25)18-14-8-4-5-10-16(14)28-21(18)23-17/h6-7,9,18H,4-5,8,10-12H2,1-3H3. The summed E-state index contributed by atoms with van der Waals surface area (Å²) in [6.45, 7) is 1.15. The second kappa shape index (κ2) is 8.09. The van der Waals surface area contributed by atoms with Crippen molar-refractivity contribution in [2.45, 2.75) is 32.2 Å². The number of carbonyl (C=O) groups is 1. The molecule has 0 aromatic heterocycles. The lowest BCUT2D eigenvalue weighted by Gasteiger charge is -2.22. The highest BCUT2D eigenvalue weighted by Gasteiger charge is 2.40. The fourth-order valence-corrected chi connectivity index (χ4v) is 5.44. The van der Waals surface area contributed by atoms with Crippen LogP contribution < -0.4 is 9.47 Å². The normalized spacial score (nSPS) is 21.3. The maximum Gasteiger partial charge on any atom is 0.261 e. The van der Waals surface area contributed by atoms with Crippen LogP contribution in [-0.2, 0) is 11.3 Å². The minimum Gasteiger partial charge on any atom is -0.493 e. The number of nitrogens with zero attached hydrogens (tertiary/aromatic N) is 3. The largest absolute Gasteiger partial charge is 0.493 e. The third kappa shape index (κ3) is 3.61. The van der Waals surface area contributed by atoms with E-state index in [1.165, 1.54) is 16.9 Å². The van der Waals surface area contributed by atoms with E-state index in [0.717, 1.165) is 35.6 Å². The second-order valence-electron chi connectivity index (χ2n) is 7.33. The summed E-state index contributed by atoms with van der Waals surface area (Å²) in [5, 5.41) is 0.925. The van der Waals surface area contributed by atoms with Crippen molar-refractivity contribution in [2.24, 2.45) is 15.9 Å². The number of hydrogen-bond donors (Lipinski definition) is 0. The molecule has 0 bridgehead atoms. The van der Waals surface area contributed by atoms with Crippen LogP contribution in [0.2, 0.25) is 0 Å². The van der Waals surface area contributed by atoms with E-state index < -0.39 is 0 Å². The topological polar surface area (TPSA) is 63.5 Å². The van der Waals surface area contributed by atoms with Crippen molar-refractivity contribution in [3.05, 3.63) is 34.2 Å². The first-order chi connectivity index (χ1) is 13.6. The van der Waals surface area contributed by atoms with Gasteiger partial charge >= 0.3 is 0 Å². The number of aliphatic imine (C=N–C) groups is 2. The van der Waals surface area contributed by atoms with Crippen molar-refractivity contribution in [1.29, 1.82) is 0 Å². The number of hydrogen-bond acceptors (Lipinski definition) is 6. The zero-order valence-corrected chi connectivity index (χ0v) is 17.3. The molecule has 4 rings (SSSR count). The van der Waals surface area contributed by atoms with Crippen LogP contribution in [-0.4, -0.2) is 49.5 Å². The number of methoxy groups -OCH3 is 2. The third-order valence-electron chi connectivity index (χ3n) is 5.34. The molecule has 2 aliphatic heterocycles. The van der Waals surface area contributed by atoms with Gasteiger partial charge in [0, 0.05) is 12.1 Å². The Kier molecular flexibility index (Phi) is 5.55. The van der Waals surface area contributed by atoms with Gasteiger partial charge in [-0.05, 0) is 49.3 Å². The predicted octanol–water partition coefficient (Wildman–Crippen LogP) is 3.66. The van der Waals surface area contributed by atoms with Crippen LogP contribution in [0.15, 0.2) is 38.7 Å². The van der Waals surface area contributed by atoms with E-state index in [1.54, 1.807) is 26.0 Å². The molecular weight excluding hydrogens is 374 g/mol. The summed E-state index contributed by atoms with van der Waals surface area (Å²) in [5.74, 6) is 1.78. The van der Waals surface area contributed by atoms with Gasteiger partial charge in [0.15, 0.2) is 11.5 Å². The fourth-order valence-electron chi connectivity index (χ4n) is 4.08. The maximum absolute atomic E-state index is 12.7. The molecule has 148 valence electrons. The van der Waals surface area contributed by atoms with Crippen molar-refractivity contribution in [1.82, 2.24) is 4.90 Å². The number of ether oxygens (including phenoxy) is 2. The molecule has 1 aliphatic carbocycles. The SMILES string of the molecule is COc1cccc(CN(C)CC2=NC(=O)C3C(=N2)SC2=C3CCCC2)c1OC. The van der Waals surface area contributed by atoms with Crippen LogP contribution in [0.5, 0.6) is 11.5 Å². The summed E-state index contributed by atoms with van der Waals surface area (Å²) in [6, 6.07) is 5.84. The molecule has 1 aromatic rings. The average molecular weight is 400 g/mol. The van der Waals surface area contributed by atoms with Gasteiger partial charge in [-0.2, -0.15) is 4.99 Å². The first-order valence-corrected chi connectivity index (χ1v) is 10.4. The highest BCUT2D eigenvalue weighted by molar-refractivity contribution is 8.17. The molecule has 7 heteroatoms. The Balaban J connectivity index is 1.47. The molecule has 0 fully saturated rings. The number of rotatable bonds is 6. The van der Waals surface area contributed by atoms with Crippen LogP contribution >= 0.6 is 11.8 Å². The molecule has 3 aliphatic rings. The van der Waals surface area contributed by atoms with Gasteiger partial charge in [-0.1, -0.05) is 23.9 Å². The summed E-state index contributed by atoms with van der Waals surface area (Å²) in [4.78, 5) is 25.2. The van der Waals surface area contributed by atoms with Gasteiger partial charge in [0.05, 0.1) is 25.8 Å².